The van der Waals surface area contributed by atoms with Crippen molar-refractivity contribution in [3.05, 3.63) is 65.7 Å². The lowest BCUT2D eigenvalue weighted by molar-refractivity contribution is -0.150. The molecule has 1 atom stereocenters. The Morgan fingerprint density at radius 1 is 0.929 bits per heavy atom. The lowest BCUT2D eigenvalue weighted by Gasteiger charge is -2.13. The van der Waals surface area contributed by atoms with Crippen LogP contribution in [-0.2, 0) is 14.3 Å². The second-order valence-corrected chi connectivity index (χ2v) is 6.43. The molecule has 0 unspecified atom stereocenters. The van der Waals surface area contributed by atoms with E-state index in [9.17, 15) is 14.4 Å². The fourth-order valence-corrected chi connectivity index (χ4v) is 2.61. The van der Waals surface area contributed by atoms with Crippen LogP contribution in [0, 0.1) is 0 Å². The summed E-state index contributed by atoms with van der Waals surface area (Å²) >= 11 is 0. The summed E-state index contributed by atoms with van der Waals surface area (Å²) in [5.74, 6) is -0.627. The lowest BCUT2D eigenvalue weighted by atomic mass is 10.0. The summed E-state index contributed by atoms with van der Waals surface area (Å²) in [5, 5.41) is 2.75. The second-order valence-electron chi connectivity index (χ2n) is 6.43. The van der Waals surface area contributed by atoms with E-state index in [2.05, 4.69) is 5.32 Å². The van der Waals surface area contributed by atoms with Crippen LogP contribution in [0.1, 0.15) is 42.6 Å². The number of esters is 1. The molecule has 2 aromatic carbocycles. The van der Waals surface area contributed by atoms with Crippen LogP contribution in [0.2, 0.25) is 0 Å². The number of nitrogens with one attached hydrogen (secondary N) is 1. The number of benzene rings is 2. The maximum absolute atomic E-state index is 12.3. The molecule has 0 aromatic heterocycles. The summed E-state index contributed by atoms with van der Waals surface area (Å²) in [4.78, 5) is 35.7. The van der Waals surface area contributed by atoms with E-state index in [1.165, 1.54) is 0 Å². The molecule has 1 amide bonds. The molecule has 0 saturated heterocycles. The van der Waals surface area contributed by atoms with Gasteiger partial charge in [-0.3, -0.25) is 9.59 Å². The Kier molecular flexibility index (Phi) is 8.21. The molecule has 0 saturated carbocycles. The van der Waals surface area contributed by atoms with Crippen molar-refractivity contribution >= 4 is 17.7 Å². The lowest BCUT2D eigenvalue weighted by Crippen LogP contribution is -2.36. The van der Waals surface area contributed by atoms with Gasteiger partial charge in [0.15, 0.2) is 19.0 Å². The van der Waals surface area contributed by atoms with E-state index in [1.54, 1.807) is 48.5 Å². The van der Waals surface area contributed by atoms with Crippen molar-refractivity contribution in [1.82, 2.24) is 5.32 Å². The molecule has 0 aliphatic carbocycles. The number of amides is 1. The van der Waals surface area contributed by atoms with Gasteiger partial charge in [-0.1, -0.05) is 43.7 Å². The highest BCUT2D eigenvalue weighted by Crippen LogP contribution is 2.15. The van der Waals surface area contributed by atoms with Crippen LogP contribution in [0.25, 0.3) is 0 Å². The van der Waals surface area contributed by atoms with E-state index in [-0.39, 0.29) is 30.9 Å². The molecule has 0 aliphatic heterocycles. The van der Waals surface area contributed by atoms with Gasteiger partial charge in [0.25, 0.3) is 5.91 Å². The van der Waals surface area contributed by atoms with Gasteiger partial charge in [0.05, 0.1) is 0 Å². The minimum Gasteiger partial charge on any atom is -0.482 e. The van der Waals surface area contributed by atoms with E-state index in [0.29, 0.717) is 16.9 Å². The third-order valence-electron chi connectivity index (χ3n) is 4.00. The van der Waals surface area contributed by atoms with Crippen molar-refractivity contribution in [3.8, 4) is 5.75 Å². The monoisotopic (exact) mass is 383 g/mol. The first-order valence-electron chi connectivity index (χ1n) is 9.27. The van der Waals surface area contributed by atoms with Gasteiger partial charge in [-0.05, 0) is 37.6 Å². The maximum Gasteiger partial charge on any atom is 0.344 e. The van der Waals surface area contributed by atoms with Gasteiger partial charge in [-0.25, -0.2) is 4.79 Å². The van der Waals surface area contributed by atoms with Crippen molar-refractivity contribution in [2.45, 2.75) is 32.7 Å². The fourth-order valence-electron chi connectivity index (χ4n) is 2.61. The van der Waals surface area contributed by atoms with E-state index in [0.717, 1.165) is 12.8 Å². The highest BCUT2D eigenvalue weighted by Gasteiger charge is 2.12. The average Bonchev–Trinajstić information content (AvgIpc) is 2.71. The van der Waals surface area contributed by atoms with Gasteiger partial charge < -0.3 is 14.8 Å². The van der Waals surface area contributed by atoms with Crippen LogP contribution in [0.15, 0.2) is 54.6 Å². The molecule has 2 rings (SSSR count). The molecule has 0 spiro atoms. The van der Waals surface area contributed by atoms with Gasteiger partial charge in [0.1, 0.15) is 5.75 Å². The average molecular weight is 383 g/mol. The van der Waals surface area contributed by atoms with Crippen LogP contribution in [0.3, 0.4) is 0 Å². The highest BCUT2D eigenvalue weighted by atomic mass is 16.6. The molecule has 0 aliphatic rings. The number of carbonyl (C=O) groups is 3. The Morgan fingerprint density at radius 3 is 2.21 bits per heavy atom. The second kappa shape index (κ2) is 10.9. The van der Waals surface area contributed by atoms with Crippen molar-refractivity contribution < 1.29 is 23.9 Å². The van der Waals surface area contributed by atoms with Crippen LogP contribution >= 0.6 is 0 Å². The number of ketones is 1. The van der Waals surface area contributed by atoms with E-state index >= 15 is 0 Å². The summed E-state index contributed by atoms with van der Waals surface area (Å²) in [6.45, 7) is 3.28. The van der Waals surface area contributed by atoms with E-state index in [1.807, 2.05) is 19.9 Å². The van der Waals surface area contributed by atoms with E-state index in [4.69, 9.17) is 9.47 Å². The van der Waals surface area contributed by atoms with Crippen molar-refractivity contribution in [2.75, 3.05) is 13.2 Å². The normalized spacial score (nSPS) is 11.4. The number of hydrogen-bond acceptors (Lipinski definition) is 5. The minimum atomic E-state index is -0.636. The molecule has 0 radical (unpaired) electrons. The molecule has 6 heteroatoms. The molecule has 148 valence electrons. The van der Waals surface area contributed by atoms with Gasteiger partial charge in [-0.2, -0.15) is 0 Å². The minimum absolute atomic E-state index is 0.0459. The van der Waals surface area contributed by atoms with Gasteiger partial charge in [-0.15, -0.1) is 0 Å². The molecule has 0 heterocycles. The summed E-state index contributed by atoms with van der Waals surface area (Å²) in [6.07, 6.45) is 1.83. The third kappa shape index (κ3) is 6.87. The first-order valence-corrected chi connectivity index (χ1v) is 9.27. The Hall–Kier alpha value is -3.15. The zero-order valence-electron chi connectivity index (χ0n) is 16.1. The van der Waals surface area contributed by atoms with Crippen LogP contribution < -0.4 is 10.1 Å². The zero-order valence-corrected chi connectivity index (χ0v) is 16.1. The SMILES string of the molecule is CCC[C@@H](C)NC(=O)COC(=O)COc1ccc(C(=O)c2ccccc2)cc1. The van der Waals surface area contributed by atoms with Crippen molar-refractivity contribution in [1.29, 1.82) is 0 Å². The molecule has 28 heavy (non-hydrogen) atoms. The fraction of sp³-hybridized carbons (Fsp3) is 0.318. The number of carbonyl (C=O) groups excluding carboxylic acids is 3. The molecular formula is C22H25NO5. The first kappa shape index (κ1) is 21.2. The summed E-state index contributed by atoms with van der Waals surface area (Å²) in [7, 11) is 0. The van der Waals surface area contributed by atoms with Gasteiger partial charge in [0.2, 0.25) is 0 Å². The van der Waals surface area contributed by atoms with Crippen LogP contribution in [-0.4, -0.2) is 36.9 Å². The Bertz CT molecular complexity index is 786. The number of hydrogen-bond donors (Lipinski definition) is 1. The quantitative estimate of drug-likeness (QED) is 0.503. The molecule has 1 N–H and O–H groups in total. The Balaban J connectivity index is 1.76. The summed E-state index contributed by atoms with van der Waals surface area (Å²) < 4.78 is 10.2. The third-order valence-corrected chi connectivity index (χ3v) is 4.00. The van der Waals surface area contributed by atoms with Crippen molar-refractivity contribution in [2.24, 2.45) is 0 Å². The molecule has 6 nitrogen and oxygen atoms in total. The molecule has 0 fully saturated rings. The topological polar surface area (TPSA) is 81.7 Å². The summed E-state index contributed by atoms with van der Waals surface area (Å²) in [5.41, 5.74) is 1.13. The molecular weight excluding hydrogens is 358 g/mol. The first-order chi connectivity index (χ1) is 13.5. The predicted molar refractivity (Wildman–Crippen MR) is 105 cm³/mol. The van der Waals surface area contributed by atoms with Crippen LogP contribution in [0.5, 0.6) is 5.75 Å². The van der Waals surface area contributed by atoms with Gasteiger partial charge >= 0.3 is 5.97 Å². The number of ether oxygens (including phenoxy) is 2. The largest absolute Gasteiger partial charge is 0.482 e. The zero-order chi connectivity index (χ0) is 20.4. The molecule has 2 aromatic rings. The molecule has 0 bridgehead atoms. The number of rotatable bonds is 10. The smallest absolute Gasteiger partial charge is 0.344 e. The standard InChI is InChI=1S/C22H25NO5/c1-3-7-16(2)23-20(24)14-28-21(25)15-27-19-12-10-18(11-13-19)22(26)17-8-5-4-6-9-17/h4-6,8-13,16H,3,7,14-15H2,1-2H3,(H,23,24)/t16-/m1/s1. The van der Waals surface area contributed by atoms with Crippen molar-refractivity contribution in [3.63, 3.8) is 0 Å². The van der Waals surface area contributed by atoms with E-state index < -0.39 is 5.97 Å². The summed E-state index contributed by atoms with van der Waals surface area (Å²) in [6, 6.07) is 15.5. The maximum atomic E-state index is 12.3. The van der Waals surface area contributed by atoms with Crippen LogP contribution in [0.4, 0.5) is 0 Å². The van der Waals surface area contributed by atoms with Gasteiger partial charge in [0, 0.05) is 17.2 Å². The Labute approximate surface area is 164 Å². The predicted octanol–water partition coefficient (Wildman–Crippen LogP) is 3.14. The highest BCUT2D eigenvalue weighted by molar-refractivity contribution is 6.08. The Morgan fingerprint density at radius 2 is 1.57 bits per heavy atom.